The Bertz CT molecular complexity index is 648. The molecular formula is C15H18N2O3. The maximum absolute atomic E-state index is 11.9. The van der Waals surface area contributed by atoms with Gasteiger partial charge in [-0.05, 0) is 30.7 Å². The number of methoxy groups -OCH3 is 1. The number of fused-ring (bicyclic) bond motifs is 3. The van der Waals surface area contributed by atoms with Crippen molar-refractivity contribution in [1.82, 2.24) is 10.3 Å². The van der Waals surface area contributed by atoms with Crippen molar-refractivity contribution in [3.8, 4) is 5.75 Å². The number of esters is 1. The van der Waals surface area contributed by atoms with E-state index in [0.29, 0.717) is 19.6 Å². The highest BCUT2D eigenvalue weighted by atomic mass is 16.5. The molecule has 5 heteroatoms. The van der Waals surface area contributed by atoms with Crippen molar-refractivity contribution in [1.29, 1.82) is 0 Å². The van der Waals surface area contributed by atoms with Gasteiger partial charge in [0.05, 0.1) is 13.7 Å². The summed E-state index contributed by atoms with van der Waals surface area (Å²) < 4.78 is 10.4. The fourth-order valence-corrected chi connectivity index (χ4v) is 2.70. The van der Waals surface area contributed by atoms with Gasteiger partial charge in [0, 0.05) is 29.6 Å². The predicted molar refractivity (Wildman–Crippen MR) is 75.8 cm³/mol. The Morgan fingerprint density at radius 2 is 2.30 bits per heavy atom. The lowest BCUT2D eigenvalue weighted by molar-refractivity contribution is -0.145. The molecule has 0 aliphatic carbocycles. The quantitative estimate of drug-likeness (QED) is 0.837. The molecule has 0 bridgehead atoms. The van der Waals surface area contributed by atoms with Gasteiger partial charge in [-0.15, -0.1) is 0 Å². The lowest BCUT2D eigenvalue weighted by Crippen LogP contribution is -2.42. The van der Waals surface area contributed by atoms with E-state index >= 15 is 0 Å². The third-order valence-electron chi connectivity index (χ3n) is 3.71. The molecule has 0 fully saturated rings. The topological polar surface area (TPSA) is 63.4 Å². The molecule has 1 aromatic carbocycles. The van der Waals surface area contributed by atoms with E-state index in [2.05, 4.69) is 10.3 Å². The van der Waals surface area contributed by atoms with E-state index in [-0.39, 0.29) is 12.0 Å². The van der Waals surface area contributed by atoms with Gasteiger partial charge in [0.15, 0.2) is 0 Å². The van der Waals surface area contributed by atoms with Crippen molar-refractivity contribution in [3.63, 3.8) is 0 Å². The molecule has 1 aromatic heterocycles. The first-order chi connectivity index (χ1) is 9.72. The maximum atomic E-state index is 11.9. The van der Waals surface area contributed by atoms with Crippen molar-refractivity contribution in [2.45, 2.75) is 25.9 Å². The van der Waals surface area contributed by atoms with Crippen LogP contribution in [0.1, 0.15) is 18.2 Å². The highest BCUT2D eigenvalue weighted by Crippen LogP contribution is 2.29. The first kappa shape index (κ1) is 13.0. The number of aromatic nitrogens is 1. The summed E-state index contributed by atoms with van der Waals surface area (Å²) in [5, 5.41) is 4.33. The number of rotatable bonds is 3. The minimum absolute atomic E-state index is 0.185. The lowest BCUT2D eigenvalue weighted by Gasteiger charge is -2.22. The standard InChI is InChI=1S/C15H18N2O3/c1-3-20-15(18)13-7-11-10-6-9(19-2)4-5-12(10)17-14(11)8-16-13/h4-6,13,16-17H,3,7-8H2,1-2H3. The highest BCUT2D eigenvalue weighted by molar-refractivity contribution is 5.87. The Kier molecular flexibility index (Phi) is 3.36. The average molecular weight is 274 g/mol. The van der Waals surface area contributed by atoms with Crippen LogP contribution in [-0.4, -0.2) is 30.7 Å². The average Bonchev–Trinajstić information content (AvgIpc) is 2.84. The van der Waals surface area contributed by atoms with Crippen LogP contribution >= 0.6 is 0 Å². The van der Waals surface area contributed by atoms with Gasteiger partial charge in [0.25, 0.3) is 0 Å². The lowest BCUT2D eigenvalue weighted by atomic mass is 9.98. The van der Waals surface area contributed by atoms with Crippen LogP contribution in [0.4, 0.5) is 0 Å². The van der Waals surface area contributed by atoms with Gasteiger partial charge in [-0.1, -0.05) is 0 Å². The molecule has 106 valence electrons. The van der Waals surface area contributed by atoms with Crippen LogP contribution in [0, 0.1) is 0 Å². The minimum Gasteiger partial charge on any atom is -0.497 e. The summed E-state index contributed by atoms with van der Waals surface area (Å²) >= 11 is 0. The Hall–Kier alpha value is -2.01. The van der Waals surface area contributed by atoms with Gasteiger partial charge in [0.2, 0.25) is 0 Å². The molecule has 5 nitrogen and oxygen atoms in total. The van der Waals surface area contributed by atoms with Crippen LogP contribution in [0.2, 0.25) is 0 Å². The summed E-state index contributed by atoms with van der Waals surface area (Å²) in [6.07, 6.45) is 0.640. The summed E-state index contributed by atoms with van der Waals surface area (Å²) in [4.78, 5) is 15.3. The second kappa shape index (κ2) is 5.17. The first-order valence-electron chi connectivity index (χ1n) is 6.80. The van der Waals surface area contributed by atoms with Crippen LogP contribution in [0.25, 0.3) is 10.9 Å². The van der Waals surface area contributed by atoms with E-state index in [0.717, 1.165) is 22.3 Å². The number of carbonyl (C=O) groups is 1. The summed E-state index contributed by atoms with van der Waals surface area (Å²) in [7, 11) is 1.66. The molecule has 20 heavy (non-hydrogen) atoms. The molecule has 0 saturated carbocycles. The molecule has 3 rings (SSSR count). The highest BCUT2D eigenvalue weighted by Gasteiger charge is 2.27. The number of aromatic amines is 1. The molecule has 1 unspecified atom stereocenters. The van der Waals surface area contributed by atoms with Gasteiger partial charge in [-0.25, -0.2) is 0 Å². The molecule has 2 aromatic rings. The Balaban J connectivity index is 1.96. The number of hydrogen-bond acceptors (Lipinski definition) is 4. The maximum Gasteiger partial charge on any atom is 0.323 e. The van der Waals surface area contributed by atoms with Crippen LogP contribution in [0.15, 0.2) is 18.2 Å². The third-order valence-corrected chi connectivity index (χ3v) is 3.71. The zero-order valence-electron chi connectivity index (χ0n) is 11.7. The molecule has 0 spiro atoms. The molecule has 1 aliphatic rings. The van der Waals surface area contributed by atoms with Crippen molar-refractivity contribution >= 4 is 16.9 Å². The number of ether oxygens (including phenoxy) is 2. The van der Waals surface area contributed by atoms with Crippen LogP contribution < -0.4 is 10.1 Å². The third kappa shape index (κ3) is 2.14. The minimum atomic E-state index is -0.271. The molecule has 0 saturated heterocycles. The molecule has 2 heterocycles. The SMILES string of the molecule is CCOC(=O)C1Cc2c([nH]c3ccc(OC)cc23)CN1. The van der Waals surface area contributed by atoms with Crippen LogP contribution in [0.3, 0.4) is 0 Å². The molecule has 0 amide bonds. The molecular weight excluding hydrogens is 256 g/mol. The van der Waals surface area contributed by atoms with Gasteiger partial charge in [0.1, 0.15) is 11.8 Å². The van der Waals surface area contributed by atoms with Crippen molar-refractivity contribution in [3.05, 3.63) is 29.5 Å². The van der Waals surface area contributed by atoms with E-state index in [1.54, 1.807) is 7.11 Å². The second-order valence-electron chi connectivity index (χ2n) is 4.88. The summed E-state index contributed by atoms with van der Waals surface area (Å²) in [6.45, 7) is 2.88. The number of hydrogen-bond donors (Lipinski definition) is 2. The van der Waals surface area contributed by atoms with Crippen molar-refractivity contribution < 1.29 is 14.3 Å². The first-order valence-corrected chi connectivity index (χ1v) is 6.80. The van der Waals surface area contributed by atoms with E-state index < -0.39 is 0 Å². The molecule has 2 N–H and O–H groups in total. The number of carbonyl (C=O) groups excluding carboxylic acids is 1. The zero-order valence-corrected chi connectivity index (χ0v) is 11.7. The number of H-pyrrole nitrogens is 1. The summed E-state index contributed by atoms with van der Waals surface area (Å²) in [5.74, 6) is 0.640. The van der Waals surface area contributed by atoms with Gasteiger partial charge < -0.3 is 14.5 Å². The van der Waals surface area contributed by atoms with Gasteiger partial charge in [-0.2, -0.15) is 0 Å². The fourth-order valence-electron chi connectivity index (χ4n) is 2.70. The molecule has 1 atom stereocenters. The number of nitrogens with one attached hydrogen (secondary N) is 2. The summed E-state index contributed by atoms with van der Waals surface area (Å²) in [5.41, 5.74) is 3.38. The van der Waals surface area contributed by atoms with Crippen LogP contribution in [0.5, 0.6) is 5.75 Å². The Morgan fingerprint density at radius 3 is 3.05 bits per heavy atom. The van der Waals surface area contributed by atoms with Crippen molar-refractivity contribution in [2.75, 3.05) is 13.7 Å². The van der Waals surface area contributed by atoms with Gasteiger partial charge >= 0.3 is 5.97 Å². The fraction of sp³-hybridized carbons (Fsp3) is 0.400. The normalized spacial score (nSPS) is 17.8. The molecule has 0 radical (unpaired) electrons. The van der Waals surface area contributed by atoms with E-state index in [1.165, 1.54) is 5.56 Å². The van der Waals surface area contributed by atoms with Crippen molar-refractivity contribution in [2.24, 2.45) is 0 Å². The largest absolute Gasteiger partial charge is 0.497 e. The zero-order chi connectivity index (χ0) is 14.1. The molecule has 1 aliphatic heterocycles. The monoisotopic (exact) mass is 274 g/mol. The Labute approximate surface area is 117 Å². The van der Waals surface area contributed by atoms with Crippen LogP contribution in [-0.2, 0) is 22.5 Å². The Morgan fingerprint density at radius 1 is 1.45 bits per heavy atom. The smallest absolute Gasteiger partial charge is 0.323 e. The second-order valence-corrected chi connectivity index (χ2v) is 4.88. The summed E-state index contributed by atoms with van der Waals surface area (Å²) in [6, 6.07) is 5.68. The van der Waals surface area contributed by atoms with E-state index in [4.69, 9.17) is 9.47 Å². The van der Waals surface area contributed by atoms with E-state index in [1.807, 2.05) is 25.1 Å². The number of benzene rings is 1. The predicted octanol–water partition coefficient (Wildman–Crippen LogP) is 1.75. The van der Waals surface area contributed by atoms with E-state index in [9.17, 15) is 4.79 Å². The van der Waals surface area contributed by atoms with Gasteiger partial charge in [-0.3, -0.25) is 10.1 Å².